The van der Waals surface area contributed by atoms with Crippen molar-refractivity contribution in [1.29, 1.82) is 0 Å². The zero-order valence-electron chi connectivity index (χ0n) is 17.1. The number of hydrogen-bond donors (Lipinski definition) is 1. The largest absolute Gasteiger partial charge is 0.308 e. The lowest BCUT2D eigenvalue weighted by Crippen LogP contribution is -2.35. The Morgan fingerprint density at radius 3 is 2.55 bits per heavy atom. The molecule has 31 heavy (non-hydrogen) atoms. The lowest BCUT2D eigenvalue weighted by atomic mass is 10.0. The van der Waals surface area contributed by atoms with Crippen molar-refractivity contribution in [3.63, 3.8) is 0 Å². The molecule has 4 rings (SSSR count). The molecule has 0 atom stereocenters. The molecule has 0 radical (unpaired) electrons. The van der Waals surface area contributed by atoms with E-state index < -0.39 is 15.8 Å². The van der Waals surface area contributed by atoms with Crippen LogP contribution in [-0.2, 0) is 22.9 Å². The van der Waals surface area contributed by atoms with E-state index in [4.69, 9.17) is 0 Å². The summed E-state index contributed by atoms with van der Waals surface area (Å²) in [5, 5.41) is 0. The minimum absolute atomic E-state index is 0.160. The van der Waals surface area contributed by atoms with E-state index in [1.165, 1.54) is 30.3 Å². The van der Waals surface area contributed by atoms with Gasteiger partial charge < -0.3 is 4.90 Å². The number of sulfonamides is 1. The standard InChI is InChI=1S/C24H23FN2O3S/c1-2-17-6-3-4-8-22(17)26-31(29,30)21-13-14-23-19(16-21)7-5-15-27(23)24(28)18-9-11-20(25)12-10-18/h3-4,6,8-14,16,26H,2,5,7,15H2,1H3. The molecule has 160 valence electrons. The number of anilines is 2. The van der Waals surface area contributed by atoms with Crippen molar-refractivity contribution in [3.05, 3.63) is 89.2 Å². The third kappa shape index (κ3) is 4.32. The normalized spacial score (nSPS) is 13.5. The number of aryl methyl sites for hydroxylation is 2. The van der Waals surface area contributed by atoms with Crippen LogP contribution in [0.2, 0.25) is 0 Å². The Morgan fingerprint density at radius 2 is 1.81 bits per heavy atom. The first-order chi connectivity index (χ1) is 14.9. The van der Waals surface area contributed by atoms with Crippen molar-refractivity contribution in [3.8, 4) is 0 Å². The third-order valence-electron chi connectivity index (χ3n) is 5.46. The molecule has 0 unspecified atom stereocenters. The van der Waals surface area contributed by atoms with Crippen LogP contribution in [0.4, 0.5) is 15.8 Å². The zero-order valence-corrected chi connectivity index (χ0v) is 18.0. The number of carbonyl (C=O) groups excluding carboxylic acids is 1. The second-order valence-electron chi connectivity index (χ2n) is 7.47. The predicted octanol–water partition coefficient (Wildman–Crippen LogP) is 4.78. The Labute approximate surface area is 181 Å². The molecule has 1 heterocycles. The highest BCUT2D eigenvalue weighted by Gasteiger charge is 2.26. The van der Waals surface area contributed by atoms with Gasteiger partial charge in [0.05, 0.1) is 10.6 Å². The highest BCUT2D eigenvalue weighted by Crippen LogP contribution is 2.31. The molecule has 1 aliphatic rings. The van der Waals surface area contributed by atoms with Gasteiger partial charge in [0.1, 0.15) is 5.82 Å². The number of carbonyl (C=O) groups is 1. The van der Waals surface area contributed by atoms with E-state index in [1.807, 2.05) is 19.1 Å². The summed E-state index contributed by atoms with van der Waals surface area (Å²) in [6, 6.07) is 17.6. The summed E-state index contributed by atoms with van der Waals surface area (Å²) in [4.78, 5) is 14.7. The van der Waals surface area contributed by atoms with Gasteiger partial charge in [-0.3, -0.25) is 9.52 Å². The molecule has 1 N–H and O–H groups in total. The molecule has 0 saturated carbocycles. The minimum atomic E-state index is -3.77. The van der Waals surface area contributed by atoms with Crippen molar-refractivity contribution in [2.24, 2.45) is 0 Å². The number of halogens is 1. The Kier molecular flexibility index (Phi) is 5.78. The van der Waals surface area contributed by atoms with Gasteiger partial charge in [-0.25, -0.2) is 12.8 Å². The molecule has 7 heteroatoms. The molecule has 0 saturated heterocycles. The summed E-state index contributed by atoms with van der Waals surface area (Å²) < 4.78 is 41.9. The molecular weight excluding hydrogens is 415 g/mol. The van der Waals surface area contributed by atoms with Crippen molar-refractivity contribution in [1.82, 2.24) is 0 Å². The van der Waals surface area contributed by atoms with Crippen molar-refractivity contribution in [2.45, 2.75) is 31.1 Å². The van der Waals surface area contributed by atoms with Crippen molar-refractivity contribution in [2.75, 3.05) is 16.2 Å². The van der Waals surface area contributed by atoms with Crippen molar-refractivity contribution < 1.29 is 17.6 Å². The second kappa shape index (κ2) is 8.51. The molecular formula is C24H23FN2O3S. The van der Waals surface area contributed by atoms with Gasteiger partial charge in [0, 0.05) is 17.8 Å². The van der Waals surface area contributed by atoms with Crippen LogP contribution in [-0.4, -0.2) is 20.9 Å². The fourth-order valence-corrected chi connectivity index (χ4v) is 4.98. The van der Waals surface area contributed by atoms with Gasteiger partial charge in [-0.05, 0) is 78.9 Å². The first kappa shape index (κ1) is 21.1. The van der Waals surface area contributed by atoms with Crippen LogP contribution in [0.1, 0.15) is 34.8 Å². The zero-order chi connectivity index (χ0) is 22.0. The summed E-state index contributed by atoms with van der Waals surface area (Å²) in [7, 11) is -3.77. The van der Waals surface area contributed by atoms with E-state index in [0.717, 1.165) is 17.5 Å². The molecule has 1 aliphatic heterocycles. The SMILES string of the molecule is CCc1ccccc1NS(=O)(=O)c1ccc2c(c1)CCCN2C(=O)c1ccc(F)cc1. The van der Waals surface area contributed by atoms with Crippen LogP contribution >= 0.6 is 0 Å². The van der Waals surface area contributed by atoms with E-state index in [0.29, 0.717) is 36.3 Å². The average molecular weight is 439 g/mol. The summed E-state index contributed by atoms with van der Waals surface area (Å²) in [6.07, 6.45) is 2.11. The van der Waals surface area contributed by atoms with E-state index in [2.05, 4.69) is 4.72 Å². The Balaban J connectivity index is 1.63. The molecule has 0 aliphatic carbocycles. The first-order valence-corrected chi connectivity index (χ1v) is 11.7. The van der Waals surface area contributed by atoms with Gasteiger partial charge in [0.15, 0.2) is 0 Å². The van der Waals surface area contributed by atoms with Crippen LogP contribution in [0.5, 0.6) is 0 Å². The molecule has 1 amide bonds. The van der Waals surface area contributed by atoms with E-state index in [-0.39, 0.29) is 10.8 Å². The van der Waals surface area contributed by atoms with E-state index in [1.54, 1.807) is 29.2 Å². The van der Waals surface area contributed by atoms with Crippen LogP contribution in [0, 0.1) is 5.82 Å². The fraction of sp³-hybridized carbons (Fsp3) is 0.208. The quantitative estimate of drug-likeness (QED) is 0.623. The third-order valence-corrected chi connectivity index (χ3v) is 6.82. The van der Waals surface area contributed by atoms with Gasteiger partial charge in [0.25, 0.3) is 15.9 Å². The number of fused-ring (bicyclic) bond motifs is 1. The molecule has 3 aromatic rings. The highest BCUT2D eigenvalue weighted by molar-refractivity contribution is 7.92. The lowest BCUT2D eigenvalue weighted by Gasteiger charge is -2.30. The molecule has 5 nitrogen and oxygen atoms in total. The van der Waals surface area contributed by atoms with Crippen LogP contribution in [0.15, 0.2) is 71.6 Å². The van der Waals surface area contributed by atoms with Gasteiger partial charge in [0.2, 0.25) is 0 Å². The predicted molar refractivity (Wildman–Crippen MR) is 119 cm³/mol. The van der Waals surface area contributed by atoms with E-state index in [9.17, 15) is 17.6 Å². The lowest BCUT2D eigenvalue weighted by molar-refractivity contribution is 0.0985. The Morgan fingerprint density at radius 1 is 1.06 bits per heavy atom. The maximum absolute atomic E-state index is 13.2. The topological polar surface area (TPSA) is 66.5 Å². The summed E-state index contributed by atoms with van der Waals surface area (Å²) in [6.45, 7) is 2.50. The highest BCUT2D eigenvalue weighted by atomic mass is 32.2. The average Bonchev–Trinajstić information content (AvgIpc) is 2.78. The number of amides is 1. The van der Waals surface area contributed by atoms with Gasteiger partial charge in [-0.15, -0.1) is 0 Å². The number of nitrogens with one attached hydrogen (secondary N) is 1. The van der Waals surface area contributed by atoms with Gasteiger partial charge in [-0.2, -0.15) is 0 Å². The monoisotopic (exact) mass is 438 g/mol. The van der Waals surface area contributed by atoms with Crippen molar-refractivity contribution >= 4 is 27.3 Å². The Hall–Kier alpha value is -3.19. The maximum atomic E-state index is 13.2. The fourth-order valence-electron chi connectivity index (χ4n) is 3.83. The first-order valence-electron chi connectivity index (χ1n) is 10.2. The molecule has 0 aromatic heterocycles. The maximum Gasteiger partial charge on any atom is 0.261 e. The smallest absolute Gasteiger partial charge is 0.261 e. The minimum Gasteiger partial charge on any atom is -0.308 e. The summed E-state index contributed by atoms with van der Waals surface area (Å²) in [5.74, 6) is -0.630. The molecule has 0 bridgehead atoms. The summed E-state index contributed by atoms with van der Waals surface area (Å²) >= 11 is 0. The number of para-hydroxylation sites is 1. The van der Waals surface area contributed by atoms with Crippen LogP contribution in [0.3, 0.4) is 0 Å². The number of nitrogens with zero attached hydrogens (tertiary/aromatic N) is 1. The number of hydrogen-bond acceptors (Lipinski definition) is 3. The van der Waals surface area contributed by atoms with Gasteiger partial charge >= 0.3 is 0 Å². The number of rotatable bonds is 5. The molecule has 0 spiro atoms. The molecule has 0 fully saturated rings. The van der Waals surface area contributed by atoms with Crippen LogP contribution < -0.4 is 9.62 Å². The number of benzene rings is 3. The Bertz CT molecular complexity index is 1220. The van der Waals surface area contributed by atoms with E-state index >= 15 is 0 Å². The van der Waals surface area contributed by atoms with Gasteiger partial charge in [-0.1, -0.05) is 25.1 Å². The second-order valence-corrected chi connectivity index (χ2v) is 9.16. The van der Waals surface area contributed by atoms with Crippen LogP contribution in [0.25, 0.3) is 0 Å². The summed E-state index contributed by atoms with van der Waals surface area (Å²) in [5.41, 5.74) is 3.36. The molecule has 3 aromatic carbocycles.